The fourth-order valence-electron chi connectivity index (χ4n) is 1.98. The van der Waals surface area contributed by atoms with E-state index in [-0.39, 0.29) is 22.9 Å². The van der Waals surface area contributed by atoms with Crippen molar-refractivity contribution in [2.75, 3.05) is 11.4 Å². The van der Waals surface area contributed by atoms with Crippen LogP contribution in [0.15, 0.2) is 30.7 Å². The molecule has 0 aliphatic rings. The Morgan fingerprint density at radius 2 is 2.29 bits per heavy atom. The highest BCUT2D eigenvalue weighted by atomic mass is 35.5. The summed E-state index contributed by atoms with van der Waals surface area (Å²) in [6.45, 7) is 4.17. The molecule has 0 aromatic carbocycles. The Labute approximate surface area is 133 Å². The monoisotopic (exact) mass is 326 g/mol. The second-order valence-electron chi connectivity index (χ2n) is 4.58. The van der Waals surface area contributed by atoms with Crippen LogP contribution in [-0.2, 0) is 4.79 Å². The first-order chi connectivity index (χ1) is 10.0. The SMILES string of the molecule is CCN(C(=O)CC(C)Cl)c1cn(-c2cccnc2)nc1Cl. The van der Waals surface area contributed by atoms with Gasteiger partial charge in [-0.1, -0.05) is 11.6 Å². The number of rotatable bonds is 5. The molecule has 7 heteroatoms. The van der Waals surface area contributed by atoms with Gasteiger partial charge < -0.3 is 4.90 Å². The average molecular weight is 327 g/mol. The number of pyridine rings is 1. The number of alkyl halides is 1. The molecular formula is C14H16Cl2N4O. The maximum Gasteiger partial charge on any atom is 0.228 e. The first kappa shape index (κ1) is 15.8. The molecule has 2 aromatic heterocycles. The normalized spacial score (nSPS) is 12.2. The molecule has 5 nitrogen and oxygen atoms in total. The molecule has 0 saturated heterocycles. The fourth-order valence-corrected chi connectivity index (χ4v) is 2.34. The minimum Gasteiger partial charge on any atom is -0.308 e. The van der Waals surface area contributed by atoms with E-state index in [0.717, 1.165) is 5.69 Å². The molecule has 0 aliphatic carbocycles. The highest BCUT2D eigenvalue weighted by molar-refractivity contribution is 6.32. The number of hydrogen-bond acceptors (Lipinski definition) is 3. The molecule has 112 valence electrons. The highest BCUT2D eigenvalue weighted by Gasteiger charge is 2.21. The van der Waals surface area contributed by atoms with Crippen molar-refractivity contribution >= 4 is 34.8 Å². The van der Waals surface area contributed by atoms with Crippen LogP contribution in [0, 0.1) is 0 Å². The summed E-state index contributed by atoms with van der Waals surface area (Å²) in [4.78, 5) is 17.8. The molecule has 0 bridgehead atoms. The molecule has 21 heavy (non-hydrogen) atoms. The minimum atomic E-state index is -0.223. The van der Waals surface area contributed by atoms with E-state index in [4.69, 9.17) is 23.2 Å². The van der Waals surface area contributed by atoms with E-state index in [0.29, 0.717) is 12.2 Å². The number of hydrogen-bond donors (Lipinski definition) is 0. The van der Waals surface area contributed by atoms with E-state index in [1.165, 1.54) is 0 Å². The third-order valence-electron chi connectivity index (χ3n) is 2.93. The summed E-state index contributed by atoms with van der Waals surface area (Å²) in [6, 6.07) is 3.67. The second kappa shape index (κ2) is 6.91. The van der Waals surface area contributed by atoms with Gasteiger partial charge in [0.25, 0.3) is 0 Å². The van der Waals surface area contributed by atoms with Crippen LogP contribution in [0.5, 0.6) is 0 Å². The molecule has 0 spiro atoms. The Bertz CT molecular complexity index is 613. The van der Waals surface area contributed by atoms with Crippen LogP contribution in [-0.4, -0.2) is 32.6 Å². The van der Waals surface area contributed by atoms with Gasteiger partial charge in [0.15, 0.2) is 5.15 Å². The molecule has 0 aliphatic heterocycles. The summed E-state index contributed by atoms with van der Waals surface area (Å²) in [7, 11) is 0. The molecule has 1 atom stereocenters. The largest absolute Gasteiger partial charge is 0.308 e. The number of carbonyl (C=O) groups excluding carboxylic acids is 1. The molecule has 0 N–H and O–H groups in total. The Hall–Kier alpha value is -1.59. The van der Waals surface area contributed by atoms with Crippen LogP contribution in [0.3, 0.4) is 0 Å². The van der Waals surface area contributed by atoms with Gasteiger partial charge >= 0.3 is 0 Å². The summed E-state index contributed by atoms with van der Waals surface area (Å²) in [6.07, 6.45) is 5.33. The van der Waals surface area contributed by atoms with Crippen molar-refractivity contribution in [3.05, 3.63) is 35.9 Å². The minimum absolute atomic E-state index is 0.0763. The Morgan fingerprint density at radius 1 is 1.52 bits per heavy atom. The third-order valence-corrected chi connectivity index (χ3v) is 3.35. The zero-order chi connectivity index (χ0) is 15.4. The lowest BCUT2D eigenvalue weighted by Crippen LogP contribution is -2.31. The van der Waals surface area contributed by atoms with Crippen molar-refractivity contribution in [3.63, 3.8) is 0 Å². The van der Waals surface area contributed by atoms with E-state index < -0.39 is 0 Å². The van der Waals surface area contributed by atoms with Gasteiger partial charge in [0.1, 0.15) is 5.69 Å². The zero-order valence-electron chi connectivity index (χ0n) is 11.8. The van der Waals surface area contributed by atoms with Gasteiger partial charge in [-0.15, -0.1) is 11.6 Å². The smallest absolute Gasteiger partial charge is 0.228 e. The van der Waals surface area contributed by atoms with Crippen LogP contribution in [0.2, 0.25) is 5.15 Å². The van der Waals surface area contributed by atoms with E-state index in [1.807, 2.05) is 19.1 Å². The van der Waals surface area contributed by atoms with Crippen LogP contribution in [0.1, 0.15) is 20.3 Å². The van der Waals surface area contributed by atoms with Crippen molar-refractivity contribution in [1.29, 1.82) is 0 Å². The van der Waals surface area contributed by atoms with Gasteiger partial charge in [-0.2, -0.15) is 5.10 Å². The standard InChI is InChI=1S/C14H16Cl2N4O/c1-3-19(13(21)7-10(2)15)12-9-20(18-14(12)16)11-5-4-6-17-8-11/h4-6,8-10H,3,7H2,1-2H3. The van der Waals surface area contributed by atoms with Crippen molar-refractivity contribution in [2.45, 2.75) is 25.6 Å². The predicted molar refractivity (Wildman–Crippen MR) is 84.3 cm³/mol. The van der Waals surface area contributed by atoms with Gasteiger partial charge in [0.05, 0.1) is 18.1 Å². The van der Waals surface area contributed by atoms with Crippen molar-refractivity contribution in [3.8, 4) is 5.69 Å². The fraction of sp³-hybridized carbons (Fsp3) is 0.357. The summed E-state index contributed by atoms with van der Waals surface area (Å²) in [5.41, 5.74) is 1.35. The number of carbonyl (C=O) groups is 1. The van der Waals surface area contributed by atoms with Gasteiger partial charge in [-0.25, -0.2) is 4.68 Å². The maximum absolute atomic E-state index is 12.2. The van der Waals surface area contributed by atoms with Gasteiger partial charge in [-0.3, -0.25) is 9.78 Å². The van der Waals surface area contributed by atoms with Crippen LogP contribution in [0.4, 0.5) is 5.69 Å². The molecule has 0 radical (unpaired) electrons. The van der Waals surface area contributed by atoms with E-state index >= 15 is 0 Å². The predicted octanol–water partition coefficient (Wildman–Crippen LogP) is 3.29. The molecular weight excluding hydrogens is 311 g/mol. The van der Waals surface area contributed by atoms with Gasteiger partial charge in [0, 0.05) is 24.5 Å². The first-order valence-electron chi connectivity index (χ1n) is 6.63. The first-order valence-corrected chi connectivity index (χ1v) is 7.44. The summed E-state index contributed by atoms with van der Waals surface area (Å²) < 4.78 is 1.60. The molecule has 0 saturated carbocycles. The Balaban J connectivity index is 2.31. The number of amides is 1. The summed E-state index contributed by atoms with van der Waals surface area (Å²) >= 11 is 12.1. The van der Waals surface area contributed by atoms with Crippen molar-refractivity contribution < 1.29 is 4.79 Å². The Kier molecular flexibility index (Phi) is 5.20. The quantitative estimate of drug-likeness (QED) is 0.792. The second-order valence-corrected chi connectivity index (χ2v) is 5.69. The van der Waals surface area contributed by atoms with E-state index in [2.05, 4.69) is 10.1 Å². The molecule has 1 amide bonds. The van der Waals surface area contributed by atoms with E-state index in [9.17, 15) is 4.79 Å². The average Bonchev–Trinajstić information content (AvgIpc) is 2.82. The summed E-state index contributed by atoms with van der Waals surface area (Å²) in [5.74, 6) is -0.0763. The molecule has 1 unspecified atom stereocenters. The molecule has 2 aromatic rings. The van der Waals surface area contributed by atoms with Gasteiger partial charge in [-0.05, 0) is 26.0 Å². The van der Waals surface area contributed by atoms with Gasteiger partial charge in [0.2, 0.25) is 5.91 Å². The Morgan fingerprint density at radius 3 is 2.86 bits per heavy atom. The van der Waals surface area contributed by atoms with Crippen molar-refractivity contribution in [1.82, 2.24) is 14.8 Å². The summed E-state index contributed by atoms with van der Waals surface area (Å²) in [5, 5.41) is 4.28. The lowest BCUT2D eigenvalue weighted by molar-refractivity contribution is -0.118. The molecule has 2 rings (SSSR count). The molecule has 2 heterocycles. The number of aromatic nitrogens is 3. The molecule has 0 fully saturated rings. The lowest BCUT2D eigenvalue weighted by atomic mass is 10.3. The van der Waals surface area contributed by atoms with E-state index in [1.54, 1.807) is 35.1 Å². The number of anilines is 1. The van der Waals surface area contributed by atoms with Crippen LogP contribution >= 0.6 is 23.2 Å². The lowest BCUT2D eigenvalue weighted by Gasteiger charge is -2.20. The van der Waals surface area contributed by atoms with Crippen LogP contribution < -0.4 is 4.90 Å². The number of nitrogens with zero attached hydrogens (tertiary/aromatic N) is 4. The zero-order valence-corrected chi connectivity index (χ0v) is 13.3. The highest BCUT2D eigenvalue weighted by Crippen LogP contribution is 2.26. The van der Waals surface area contributed by atoms with Crippen molar-refractivity contribution in [2.24, 2.45) is 0 Å². The topological polar surface area (TPSA) is 51.0 Å². The number of halogens is 2. The van der Waals surface area contributed by atoms with Crippen LogP contribution in [0.25, 0.3) is 5.69 Å². The third kappa shape index (κ3) is 3.74. The maximum atomic E-state index is 12.2.